The van der Waals surface area contributed by atoms with Crippen LogP contribution in [0.15, 0.2) is 182 Å². The van der Waals surface area contributed by atoms with Gasteiger partial charge in [0, 0.05) is 5.41 Å². The van der Waals surface area contributed by atoms with Crippen molar-refractivity contribution in [3.63, 3.8) is 0 Å². The molecule has 0 radical (unpaired) electrons. The molecular weight excluding hydrogens is 613 g/mol. The molecule has 0 unspecified atom stereocenters. The third kappa shape index (κ3) is 4.53. The summed E-state index contributed by atoms with van der Waals surface area (Å²) in [7, 11) is 0. The Hall–Kier alpha value is -6.24. The molecule has 1 aliphatic rings. The molecule has 0 heterocycles. The van der Waals surface area contributed by atoms with Crippen LogP contribution in [-0.2, 0) is 5.41 Å². The molecule has 0 nitrogen and oxygen atoms in total. The van der Waals surface area contributed by atoms with Gasteiger partial charge in [-0.15, -0.1) is 0 Å². The SMILES string of the molecule is CC1(C)c2ccccc2-c2cccc(-c3ccc(-c4c5ccccc5c(-c5ccccc5-c5ccc6ccccc6c5)c5ccccc45)cc3)c21. The maximum Gasteiger partial charge on any atom is 0.0165 e. The van der Waals surface area contributed by atoms with Crippen LogP contribution >= 0.6 is 0 Å². The van der Waals surface area contributed by atoms with Crippen LogP contribution in [-0.4, -0.2) is 0 Å². The molecule has 0 saturated heterocycles. The van der Waals surface area contributed by atoms with E-state index < -0.39 is 0 Å². The largest absolute Gasteiger partial charge is 0.0619 e. The van der Waals surface area contributed by atoms with Crippen molar-refractivity contribution in [3.05, 3.63) is 193 Å². The zero-order valence-corrected chi connectivity index (χ0v) is 28.8. The molecule has 0 amide bonds. The Balaban J connectivity index is 1.15. The van der Waals surface area contributed by atoms with Gasteiger partial charge in [-0.3, -0.25) is 0 Å². The quantitative estimate of drug-likeness (QED) is 0.167. The molecule has 0 bridgehead atoms. The van der Waals surface area contributed by atoms with Crippen molar-refractivity contribution >= 4 is 32.3 Å². The molecular formula is C51H36. The Morgan fingerprint density at radius 2 is 0.804 bits per heavy atom. The smallest absolute Gasteiger partial charge is 0.0165 e. The lowest BCUT2D eigenvalue weighted by Gasteiger charge is -2.24. The van der Waals surface area contributed by atoms with Gasteiger partial charge in [-0.2, -0.15) is 0 Å². The molecule has 240 valence electrons. The van der Waals surface area contributed by atoms with Crippen molar-refractivity contribution in [2.24, 2.45) is 0 Å². The highest BCUT2D eigenvalue weighted by atomic mass is 14.4. The number of rotatable bonds is 4. The van der Waals surface area contributed by atoms with E-state index in [1.54, 1.807) is 0 Å². The van der Waals surface area contributed by atoms with Gasteiger partial charge in [0.25, 0.3) is 0 Å². The lowest BCUT2D eigenvalue weighted by molar-refractivity contribution is 0.662. The predicted molar refractivity (Wildman–Crippen MR) is 218 cm³/mol. The molecule has 1 aliphatic carbocycles. The first-order valence-electron chi connectivity index (χ1n) is 17.9. The molecule has 9 aromatic rings. The van der Waals surface area contributed by atoms with Gasteiger partial charge >= 0.3 is 0 Å². The molecule has 0 fully saturated rings. The average molecular weight is 649 g/mol. The first-order valence-corrected chi connectivity index (χ1v) is 17.9. The highest BCUT2D eigenvalue weighted by molar-refractivity contribution is 6.22. The van der Waals surface area contributed by atoms with E-state index >= 15 is 0 Å². The van der Waals surface area contributed by atoms with E-state index in [1.807, 2.05) is 0 Å². The maximum atomic E-state index is 2.37. The third-order valence-electron chi connectivity index (χ3n) is 11.3. The van der Waals surface area contributed by atoms with Crippen molar-refractivity contribution in [3.8, 4) is 55.6 Å². The molecule has 51 heavy (non-hydrogen) atoms. The lowest BCUT2D eigenvalue weighted by Crippen LogP contribution is -2.16. The Kier molecular flexibility index (Phi) is 6.63. The highest BCUT2D eigenvalue weighted by Crippen LogP contribution is 2.52. The molecule has 0 saturated carbocycles. The Labute approximate surface area is 299 Å². The first kappa shape index (κ1) is 29.7. The van der Waals surface area contributed by atoms with Gasteiger partial charge in [0.15, 0.2) is 0 Å². The van der Waals surface area contributed by atoms with Crippen LogP contribution < -0.4 is 0 Å². The second kappa shape index (κ2) is 11.4. The van der Waals surface area contributed by atoms with Gasteiger partial charge in [0.2, 0.25) is 0 Å². The molecule has 0 heteroatoms. The van der Waals surface area contributed by atoms with Gasteiger partial charge in [-0.25, -0.2) is 0 Å². The van der Waals surface area contributed by atoms with Gasteiger partial charge in [-0.05, 0) is 105 Å². The molecule has 0 aliphatic heterocycles. The fraction of sp³-hybridized carbons (Fsp3) is 0.0588. The topological polar surface area (TPSA) is 0 Å². The summed E-state index contributed by atoms with van der Waals surface area (Å²) >= 11 is 0. The van der Waals surface area contributed by atoms with Crippen LogP contribution in [0.1, 0.15) is 25.0 Å². The fourth-order valence-corrected chi connectivity index (χ4v) is 8.94. The lowest BCUT2D eigenvalue weighted by atomic mass is 9.78. The summed E-state index contributed by atoms with van der Waals surface area (Å²) in [5.41, 5.74) is 15.6. The minimum absolute atomic E-state index is 0.0629. The van der Waals surface area contributed by atoms with Gasteiger partial charge in [0.1, 0.15) is 0 Å². The van der Waals surface area contributed by atoms with E-state index in [1.165, 1.54) is 99.1 Å². The first-order chi connectivity index (χ1) is 25.1. The van der Waals surface area contributed by atoms with E-state index in [0.717, 1.165) is 0 Å². The molecule has 0 spiro atoms. The van der Waals surface area contributed by atoms with Crippen molar-refractivity contribution in [1.29, 1.82) is 0 Å². The second-order valence-corrected chi connectivity index (χ2v) is 14.4. The van der Waals surface area contributed by atoms with E-state index in [4.69, 9.17) is 0 Å². The summed E-state index contributed by atoms with van der Waals surface area (Å²) in [6.07, 6.45) is 0. The van der Waals surface area contributed by atoms with E-state index in [-0.39, 0.29) is 5.41 Å². The number of fused-ring (bicyclic) bond motifs is 6. The monoisotopic (exact) mass is 648 g/mol. The van der Waals surface area contributed by atoms with Gasteiger partial charge in [0.05, 0.1) is 0 Å². The van der Waals surface area contributed by atoms with Crippen LogP contribution in [0.25, 0.3) is 88.0 Å². The third-order valence-corrected chi connectivity index (χ3v) is 11.3. The van der Waals surface area contributed by atoms with Crippen molar-refractivity contribution in [2.45, 2.75) is 19.3 Å². The standard InChI is InChI=1S/C51H36/c1-51(2)47-25-12-11-17-40(47)46-24-13-23-39(50(46)51)34-27-29-35(30-28-34)48-42-19-7-9-21-44(42)49(45-22-10-8-20-43(45)48)41-18-6-5-16-38(41)37-31-26-33-14-3-4-15-36(33)32-37/h3-32H,1-2H3. The summed E-state index contributed by atoms with van der Waals surface area (Å²) in [5, 5.41) is 7.59. The summed E-state index contributed by atoms with van der Waals surface area (Å²) < 4.78 is 0. The molecule has 0 atom stereocenters. The Morgan fingerprint density at radius 3 is 1.51 bits per heavy atom. The van der Waals surface area contributed by atoms with Crippen LogP contribution in [0.5, 0.6) is 0 Å². The van der Waals surface area contributed by atoms with Gasteiger partial charge in [-0.1, -0.05) is 190 Å². The molecule has 0 aromatic heterocycles. The molecule has 10 rings (SSSR count). The zero-order valence-electron chi connectivity index (χ0n) is 28.8. The number of hydrogen-bond acceptors (Lipinski definition) is 0. The summed E-state index contributed by atoms with van der Waals surface area (Å²) in [6.45, 7) is 4.74. The second-order valence-electron chi connectivity index (χ2n) is 14.4. The minimum Gasteiger partial charge on any atom is -0.0619 e. The minimum atomic E-state index is -0.0629. The van der Waals surface area contributed by atoms with Crippen LogP contribution in [0.4, 0.5) is 0 Å². The summed E-state index contributed by atoms with van der Waals surface area (Å²) in [6, 6.07) is 67.3. The maximum absolute atomic E-state index is 2.37. The van der Waals surface area contributed by atoms with E-state index in [0.29, 0.717) is 0 Å². The molecule has 0 N–H and O–H groups in total. The zero-order chi connectivity index (χ0) is 34.1. The van der Waals surface area contributed by atoms with E-state index in [2.05, 4.69) is 196 Å². The van der Waals surface area contributed by atoms with Crippen molar-refractivity contribution in [1.82, 2.24) is 0 Å². The summed E-state index contributed by atoms with van der Waals surface area (Å²) in [4.78, 5) is 0. The van der Waals surface area contributed by atoms with Crippen molar-refractivity contribution < 1.29 is 0 Å². The fourth-order valence-electron chi connectivity index (χ4n) is 8.94. The van der Waals surface area contributed by atoms with Gasteiger partial charge < -0.3 is 0 Å². The average Bonchev–Trinajstić information content (AvgIpc) is 3.43. The molecule has 9 aromatic carbocycles. The predicted octanol–water partition coefficient (Wildman–Crippen LogP) is 14.1. The Morgan fingerprint density at radius 1 is 0.314 bits per heavy atom. The van der Waals surface area contributed by atoms with Crippen molar-refractivity contribution in [2.75, 3.05) is 0 Å². The van der Waals surface area contributed by atoms with Crippen LogP contribution in [0.2, 0.25) is 0 Å². The number of benzene rings is 9. The normalized spacial score (nSPS) is 13.1. The van der Waals surface area contributed by atoms with E-state index in [9.17, 15) is 0 Å². The number of hydrogen-bond donors (Lipinski definition) is 0. The summed E-state index contributed by atoms with van der Waals surface area (Å²) in [5.74, 6) is 0. The Bertz CT molecular complexity index is 2760. The highest BCUT2D eigenvalue weighted by Gasteiger charge is 2.37. The van der Waals surface area contributed by atoms with Crippen LogP contribution in [0.3, 0.4) is 0 Å². The van der Waals surface area contributed by atoms with Crippen LogP contribution in [0, 0.1) is 0 Å².